The Labute approximate surface area is 186 Å². The number of nitrogen functional groups attached to an aromatic ring is 1. The van der Waals surface area contributed by atoms with Crippen LogP contribution in [0.5, 0.6) is 0 Å². The van der Waals surface area contributed by atoms with Crippen LogP contribution in [0.4, 0.5) is 20.5 Å². The van der Waals surface area contributed by atoms with Gasteiger partial charge in [0.1, 0.15) is 17.5 Å². The van der Waals surface area contributed by atoms with Crippen LogP contribution in [0.2, 0.25) is 0 Å². The van der Waals surface area contributed by atoms with E-state index >= 15 is 0 Å². The van der Waals surface area contributed by atoms with E-state index in [4.69, 9.17) is 5.73 Å². The zero-order valence-electron chi connectivity index (χ0n) is 19.4. The third kappa shape index (κ3) is 17.6. The van der Waals surface area contributed by atoms with Gasteiger partial charge in [-0.05, 0) is 45.7 Å². The topological polar surface area (TPSA) is 76.2 Å². The van der Waals surface area contributed by atoms with Crippen LogP contribution in [0.25, 0.3) is 0 Å². The van der Waals surface area contributed by atoms with E-state index in [1.54, 1.807) is 20.0 Å². The first-order valence-electron chi connectivity index (χ1n) is 9.59. The summed E-state index contributed by atoms with van der Waals surface area (Å²) in [6.07, 6.45) is 3.44. The van der Waals surface area contributed by atoms with Gasteiger partial charge in [0.25, 0.3) is 0 Å². The summed E-state index contributed by atoms with van der Waals surface area (Å²) in [5.41, 5.74) is 7.33. The summed E-state index contributed by atoms with van der Waals surface area (Å²) in [7, 11) is 1.64. The highest BCUT2D eigenvalue weighted by atomic mass is 32.1. The normalized spacial score (nSPS) is 13.8. The number of aliphatic imine (C=N–C) groups is 1. The molecule has 1 aliphatic rings. The average molecular weight is 442 g/mol. The molecule has 1 heterocycles. The first-order valence-corrected chi connectivity index (χ1v) is 10.0. The molecule has 0 spiro atoms. The molecule has 1 aliphatic carbocycles. The molecule has 3 N–H and O–H groups in total. The van der Waals surface area contributed by atoms with Crippen molar-refractivity contribution in [2.45, 2.75) is 54.5 Å². The first kappa shape index (κ1) is 32.2. The minimum Gasteiger partial charge on any atom is -0.368 e. The fourth-order valence-electron chi connectivity index (χ4n) is 1.63. The van der Waals surface area contributed by atoms with Crippen molar-refractivity contribution in [3.63, 3.8) is 0 Å². The summed E-state index contributed by atoms with van der Waals surface area (Å²) in [5, 5.41) is 2.85. The summed E-state index contributed by atoms with van der Waals surface area (Å²) in [4.78, 5) is 11.0. The van der Waals surface area contributed by atoms with E-state index in [2.05, 4.69) is 46.2 Å². The molecule has 5 nitrogen and oxygen atoms in total. The lowest BCUT2D eigenvalue weighted by molar-refractivity contribution is 0.654. The second-order valence-electron chi connectivity index (χ2n) is 5.54. The van der Waals surface area contributed by atoms with Crippen LogP contribution in [0.15, 0.2) is 58.0 Å². The Kier molecular flexibility index (Phi) is 21.3. The zero-order valence-corrected chi connectivity index (χ0v) is 20.3. The predicted molar refractivity (Wildman–Crippen MR) is 133 cm³/mol. The molecule has 30 heavy (non-hydrogen) atoms. The van der Waals surface area contributed by atoms with E-state index in [-0.39, 0.29) is 10.9 Å². The smallest absolute Gasteiger partial charge is 0.222 e. The molecule has 0 radical (unpaired) electrons. The minimum atomic E-state index is -0.686. The number of aromatic nitrogens is 2. The number of aryl methyl sites for hydroxylation is 1. The maximum Gasteiger partial charge on any atom is 0.222 e. The maximum atomic E-state index is 13.5. The van der Waals surface area contributed by atoms with Gasteiger partial charge in [-0.1, -0.05) is 33.3 Å². The molecule has 0 aromatic carbocycles. The largest absolute Gasteiger partial charge is 0.368 e. The van der Waals surface area contributed by atoms with Gasteiger partial charge in [-0.25, -0.2) is 13.8 Å². The van der Waals surface area contributed by atoms with Gasteiger partial charge >= 0.3 is 0 Å². The van der Waals surface area contributed by atoms with E-state index in [9.17, 15) is 8.78 Å². The van der Waals surface area contributed by atoms with Crippen molar-refractivity contribution in [1.82, 2.24) is 9.97 Å². The monoisotopic (exact) mass is 441 g/mol. The van der Waals surface area contributed by atoms with Crippen molar-refractivity contribution in [3.05, 3.63) is 58.7 Å². The molecule has 0 saturated heterocycles. The molecule has 170 valence electrons. The number of anilines is 2. The van der Waals surface area contributed by atoms with Gasteiger partial charge in [0.05, 0.1) is 6.04 Å². The average Bonchev–Trinajstić information content (AvgIpc) is 2.75. The SMILES string of the molecule is C=C(C)C.C=NC.CC.CC.Cc1cc(NC2C=C(F)C=C(S)C(F)=C2)nc(N)n1. The van der Waals surface area contributed by atoms with Crippen LogP contribution in [-0.4, -0.2) is 29.8 Å². The van der Waals surface area contributed by atoms with Crippen molar-refractivity contribution < 1.29 is 8.78 Å². The van der Waals surface area contributed by atoms with Gasteiger partial charge in [-0.15, -0.1) is 19.2 Å². The molecular formula is C22H37F2N5S. The van der Waals surface area contributed by atoms with Crippen molar-refractivity contribution >= 4 is 31.1 Å². The lowest BCUT2D eigenvalue weighted by Crippen LogP contribution is -2.16. The molecular weight excluding hydrogens is 404 g/mol. The van der Waals surface area contributed by atoms with Gasteiger partial charge in [0.15, 0.2) is 0 Å². The van der Waals surface area contributed by atoms with Crippen LogP contribution in [0.3, 0.4) is 0 Å². The number of halogens is 2. The van der Waals surface area contributed by atoms with Gasteiger partial charge < -0.3 is 16.0 Å². The lowest BCUT2D eigenvalue weighted by Gasteiger charge is -2.12. The Hall–Kier alpha value is -2.48. The summed E-state index contributed by atoms with van der Waals surface area (Å²) in [6, 6.07) is 0.947. The molecule has 2 rings (SSSR count). The van der Waals surface area contributed by atoms with E-state index in [0.717, 1.165) is 6.08 Å². The third-order valence-corrected chi connectivity index (χ3v) is 2.71. The molecule has 1 atom stereocenters. The van der Waals surface area contributed by atoms with Gasteiger partial charge in [-0.2, -0.15) is 4.98 Å². The molecule has 0 saturated carbocycles. The predicted octanol–water partition coefficient (Wildman–Crippen LogP) is 6.63. The number of nitrogens with one attached hydrogen (secondary N) is 1. The van der Waals surface area contributed by atoms with E-state index in [0.29, 0.717) is 11.5 Å². The fraction of sp³-hybridized carbons (Fsp3) is 0.409. The van der Waals surface area contributed by atoms with E-state index < -0.39 is 17.7 Å². The number of nitrogens with two attached hydrogens (primary N) is 1. The van der Waals surface area contributed by atoms with Gasteiger partial charge in [-0.3, -0.25) is 0 Å². The summed E-state index contributed by atoms with van der Waals surface area (Å²) in [5.74, 6) is -0.697. The summed E-state index contributed by atoms with van der Waals surface area (Å²) >= 11 is 3.85. The van der Waals surface area contributed by atoms with Crippen molar-refractivity contribution in [2.75, 3.05) is 18.1 Å². The lowest BCUT2D eigenvalue weighted by atomic mass is 10.2. The van der Waals surface area contributed by atoms with Crippen LogP contribution in [0, 0.1) is 6.92 Å². The zero-order chi connectivity index (χ0) is 24.3. The number of allylic oxidation sites excluding steroid dienone is 4. The standard InChI is InChI=1S/C12H12F2N4S.C4H8.C2H5N.2C2H6/c1-6-2-11(18-12(15)16-6)17-8-3-7(13)4-10(19)9(14)5-8;1-4(2)3;1-3-2;2*1-2/h2-5,8,19H,1H3,(H3,15,16,17,18);1H2,2-3H3;1H2,2H3;2*1-2H3. The van der Waals surface area contributed by atoms with Gasteiger partial charge in [0, 0.05) is 23.7 Å². The molecule has 0 bridgehead atoms. The molecule has 1 aromatic rings. The molecule has 0 fully saturated rings. The second kappa shape index (κ2) is 19.8. The third-order valence-electron chi connectivity index (χ3n) is 2.37. The highest BCUT2D eigenvalue weighted by Crippen LogP contribution is 2.24. The number of rotatable bonds is 2. The summed E-state index contributed by atoms with van der Waals surface area (Å²) in [6.45, 7) is 20.4. The Morgan fingerprint density at radius 1 is 1.17 bits per heavy atom. The van der Waals surface area contributed by atoms with Crippen LogP contribution in [0.1, 0.15) is 47.2 Å². The Morgan fingerprint density at radius 3 is 2.07 bits per heavy atom. The highest BCUT2D eigenvalue weighted by molar-refractivity contribution is 7.84. The van der Waals surface area contributed by atoms with Crippen molar-refractivity contribution in [1.29, 1.82) is 0 Å². The minimum absolute atomic E-state index is 0.0589. The Bertz CT molecular complexity index is 704. The van der Waals surface area contributed by atoms with Crippen molar-refractivity contribution in [2.24, 2.45) is 4.99 Å². The number of nitrogens with zero attached hydrogens (tertiary/aromatic N) is 3. The number of thiol groups is 1. The van der Waals surface area contributed by atoms with E-state index in [1.807, 2.05) is 41.5 Å². The van der Waals surface area contributed by atoms with Crippen LogP contribution in [-0.2, 0) is 0 Å². The Morgan fingerprint density at radius 2 is 1.63 bits per heavy atom. The number of hydrogen-bond donors (Lipinski definition) is 3. The molecule has 8 heteroatoms. The van der Waals surface area contributed by atoms with Crippen LogP contribution >= 0.6 is 12.6 Å². The molecule has 1 aromatic heterocycles. The summed E-state index contributed by atoms with van der Waals surface area (Å²) < 4.78 is 27.0. The fourth-order valence-corrected chi connectivity index (χ4v) is 1.83. The van der Waals surface area contributed by atoms with E-state index in [1.165, 1.54) is 17.7 Å². The molecule has 0 amide bonds. The van der Waals surface area contributed by atoms with Gasteiger partial charge in [0.2, 0.25) is 5.95 Å². The highest BCUT2D eigenvalue weighted by Gasteiger charge is 2.13. The number of hydrogen-bond acceptors (Lipinski definition) is 6. The van der Waals surface area contributed by atoms with Crippen molar-refractivity contribution in [3.8, 4) is 0 Å². The first-order chi connectivity index (χ1) is 14.1. The quantitative estimate of drug-likeness (QED) is 0.273. The maximum absolute atomic E-state index is 13.5. The molecule has 1 unspecified atom stereocenters. The Balaban J connectivity index is -0.000000561. The second-order valence-corrected chi connectivity index (χ2v) is 6.02. The molecule has 0 aliphatic heterocycles. The van der Waals surface area contributed by atoms with Crippen LogP contribution < -0.4 is 11.1 Å².